The third-order valence-corrected chi connectivity index (χ3v) is 18.8. The van der Waals surface area contributed by atoms with Gasteiger partial charge >= 0.3 is 0 Å². The summed E-state index contributed by atoms with van der Waals surface area (Å²) in [6.45, 7) is 0.00465. The van der Waals surface area contributed by atoms with Crippen LogP contribution in [-0.4, -0.2) is 11.3 Å². The maximum atomic E-state index is 2.66. The van der Waals surface area contributed by atoms with E-state index in [9.17, 15) is 0 Å². The zero-order valence-corrected chi connectivity index (χ0v) is 42.8. The molecule has 0 saturated heterocycles. The van der Waals surface area contributed by atoms with Crippen molar-refractivity contribution >= 4 is 111 Å². The van der Waals surface area contributed by atoms with Crippen LogP contribution >= 0.6 is 0 Å². The van der Waals surface area contributed by atoms with Crippen molar-refractivity contribution in [1.29, 1.82) is 0 Å². The minimum atomic E-state index is 0.00465. The molecule has 2 aliphatic heterocycles. The van der Waals surface area contributed by atoms with Crippen LogP contribution in [0.5, 0.6) is 0 Å². The second-order valence-corrected chi connectivity index (χ2v) is 22.8. The van der Waals surface area contributed by atoms with Crippen LogP contribution in [-0.2, 0) is 0 Å². The first-order chi connectivity index (χ1) is 37.7. The molecule has 0 amide bonds. The van der Waals surface area contributed by atoms with Gasteiger partial charge in [0.1, 0.15) is 0 Å². The van der Waals surface area contributed by atoms with E-state index in [1.165, 1.54) is 202 Å². The van der Waals surface area contributed by atoms with E-state index in [1.54, 1.807) is 0 Å². The Morgan fingerprint density at radius 2 is 0.855 bits per heavy atom. The molecule has 17 rings (SSSR count). The summed E-state index contributed by atoms with van der Waals surface area (Å²) in [4.78, 5) is 5.31. The van der Waals surface area contributed by atoms with Gasteiger partial charge in [-0.3, -0.25) is 0 Å². The Kier molecular flexibility index (Phi) is 9.37. The smallest absolute Gasteiger partial charge is 0.252 e. The van der Waals surface area contributed by atoms with E-state index in [-0.39, 0.29) is 6.71 Å². The molecule has 0 spiro atoms. The van der Waals surface area contributed by atoms with Gasteiger partial charge in [0.2, 0.25) is 0 Å². The Balaban J connectivity index is 1.00. The van der Waals surface area contributed by atoms with Crippen LogP contribution < -0.4 is 26.2 Å². The molecule has 0 N–H and O–H groups in total. The van der Waals surface area contributed by atoms with Crippen LogP contribution in [0.2, 0.25) is 0 Å². The molecule has 4 heteroatoms. The van der Waals surface area contributed by atoms with Crippen molar-refractivity contribution in [3.05, 3.63) is 217 Å². The molecule has 0 radical (unpaired) electrons. The first-order valence-electron chi connectivity index (χ1n) is 28.3. The molecule has 12 aromatic rings. The van der Waals surface area contributed by atoms with Crippen molar-refractivity contribution in [2.75, 3.05) is 9.80 Å². The van der Waals surface area contributed by atoms with Crippen LogP contribution in [0.25, 0.3) is 82.1 Å². The zero-order valence-electron chi connectivity index (χ0n) is 42.8. The van der Waals surface area contributed by atoms with E-state index >= 15 is 0 Å². The number of fused-ring (bicyclic) bond motifs is 9. The number of hydrogen-bond donors (Lipinski definition) is 0. The van der Waals surface area contributed by atoms with Gasteiger partial charge in [-0.15, -0.1) is 0 Å². The number of hydrogen-bond acceptors (Lipinski definition) is 2. The fourth-order valence-electron chi connectivity index (χ4n) is 15.3. The first-order valence-corrected chi connectivity index (χ1v) is 28.3. The SMILES string of the molecule is c1ccc2c(c1)-c1cccc3ccc4c(c13)c1c-2cccc1n4-c1cc2c3c(c1)N(c1ccc(C4CCCCC4)cc1)c1cc4ccccc4cc1B3c1cc(C3CCCCC3)ccc1N2c1ccc2ccccc2c1. The summed E-state index contributed by atoms with van der Waals surface area (Å²) in [5.41, 5.74) is 23.3. The molecule has 0 unspecified atom stereocenters. The van der Waals surface area contributed by atoms with Crippen molar-refractivity contribution in [1.82, 2.24) is 4.57 Å². The summed E-state index contributed by atoms with van der Waals surface area (Å²) >= 11 is 0. The molecule has 3 nitrogen and oxygen atoms in total. The van der Waals surface area contributed by atoms with Gasteiger partial charge in [-0.1, -0.05) is 184 Å². The molecule has 11 aromatic carbocycles. The second-order valence-electron chi connectivity index (χ2n) is 22.8. The molecule has 3 heterocycles. The third kappa shape index (κ3) is 6.25. The Labute approximate surface area is 444 Å². The minimum Gasteiger partial charge on any atom is -0.311 e. The van der Waals surface area contributed by atoms with Crippen molar-refractivity contribution < 1.29 is 0 Å². The van der Waals surface area contributed by atoms with E-state index in [4.69, 9.17) is 0 Å². The fraction of sp³-hybridized carbons (Fsp3) is 0.167. The summed E-state index contributed by atoms with van der Waals surface area (Å²) in [6.07, 6.45) is 13.0. The highest BCUT2D eigenvalue weighted by molar-refractivity contribution is 7.00. The van der Waals surface area contributed by atoms with Gasteiger partial charge in [0.15, 0.2) is 0 Å². The topological polar surface area (TPSA) is 11.4 Å². The van der Waals surface area contributed by atoms with Gasteiger partial charge in [-0.25, -0.2) is 0 Å². The average Bonchev–Trinajstić information content (AvgIpc) is 3.81. The highest BCUT2D eigenvalue weighted by atomic mass is 15.2. The van der Waals surface area contributed by atoms with E-state index in [1.807, 2.05) is 0 Å². The molecule has 3 aliphatic carbocycles. The summed E-state index contributed by atoms with van der Waals surface area (Å²) in [7, 11) is 0. The van der Waals surface area contributed by atoms with Gasteiger partial charge in [0.25, 0.3) is 6.71 Å². The number of aromatic nitrogens is 1. The highest BCUT2D eigenvalue weighted by Crippen LogP contribution is 2.52. The van der Waals surface area contributed by atoms with Gasteiger partial charge in [0, 0.05) is 44.9 Å². The molecular formula is C72H56BN3. The summed E-state index contributed by atoms with van der Waals surface area (Å²) in [5.74, 6) is 1.20. The molecule has 0 bridgehead atoms. The lowest BCUT2D eigenvalue weighted by Crippen LogP contribution is -2.61. The maximum Gasteiger partial charge on any atom is 0.252 e. The van der Waals surface area contributed by atoms with E-state index in [2.05, 4.69) is 221 Å². The predicted octanol–water partition coefficient (Wildman–Crippen LogP) is 18.1. The van der Waals surface area contributed by atoms with Crippen LogP contribution in [0.1, 0.15) is 87.2 Å². The van der Waals surface area contributed by atoms with Crippen LogP contribution in [0.15, 0.2) is 206 Å². The monoisotopic (exact) mass is 973 g/mol. The first kappa shape index (κ1) is 43.0. The summed E-state index contributed by atoms with van der Waals surface area (Å²) in [6, 6.07) is 80.5. The largest absolute Gasteiger partial charge is 0.311 e. The van der Waals surface area contributed by atoms with Crippen molar-refractivity contribution in [3.63, 3.8) is 0 Å². The molecule has 362 valence electrons. The molecule has 0 atom stereocenters. The number of nitrogens with zero attached hydrogens (tertiary/aromatic N) is 3. The second kappa shape index (κ2) is 16.6. The van der Waals surface area contributed by atoms with E-state index in [0.29, 0.717) is 11.8 Å². The highest BCUT2D eigenvalue weighted by Gasteiger charge is 2.45. The van der Waals surface area contributed by atoms with Gasteiger partial charge in [-0.05, 0) is 180 Å². The Bertz CT molecular complexity index is 4400. The lowest BCUT2D eigenvalue weighted by atomic mass is 9.33. The lowest BCUT2D eigenvalue weighted by Gasteiger charge is -2.45. The third-order valence-electron chi connectivity index (χ3n) is 18.8. The average molecular weight is 974 g/mol. The molecule has 2 fully saturated rings. The molecule has 2 saturated carbocycles. The number of benzene rings is 11. The molecular weight excluding hydrogens is 918 g/mol. The Morgan fingerprint density at radius 1 is 0.316 bits per heavy atom. The molecule has 1 aromatic heterocycles. The van der Waals surface area contributed by atoms with Crippen LogP contribution in [0, 0.1) is 0 Å². The van der Waals surface area contributed by atoms with Crippen LogP contribution in [0.4, 0.5) is 34.1 Å². The summed E-state index contributed by atoms with van der Waals surface area (Å²) in [5, 5.41) is 10.3. The van der Waals surface area contributed by atoms with Crippen LogP contribution in [0.3, 0.4) is 0 Å². The van der Waals surface area contributed by atoms with Crippen molar-refractivity contribution in [2.45, 2.75) is 76.0 Å². The molecule has 76 heavy (non-hydrogen) atoms. The Morgan fingerprint density at radius 3 is 1.59 bits per heavy atom. The van der Waals surface area contributed by atoms with Crippen molar-refractivity contribution in [2.24, 2.45) is 0 Å². The maximum absolute atomic E-state index is 2.66. The van der Waals surface area contributed by atoms with E-state index in [0.717, 1.165) is 5.69 Å². The van der Waals surface area contributed by atoms with Gasteiger partial charge in [-0.2, -0.15) is 0 Å². The Hall–Kier alpha value is -8.34. The number of rotatable bonds is 5. The normalized spacial score (nSPS) is 16.0. The quantitative estimate of drug-likeness (QED) is 0.159. The number of anilines is 6. The van der Waals surface area contributed by atoms with E-state index < -0.39 is 0 Å². The minimum absolute atomic E-state index is 0.00465. The molecule has 5 aliphatic rings. The standard InChI is InChI=1S/C72H56BN3/c1-3-15-45(16-4-1)48-29-34-54(35-30-48)74-66-42-52-22-10-9-21-51(52)40-62(66)73-61-41-53(46-17-5-2-6-18-46)33-37-63(61)75(55-36-31-47-19-7-8-20-50(47)39-55)68-44-56(43-67(74)72(68)73)76-64-28-14-27-60-58-25-12-11-24-57(58)59-26-13-23-49-32-38-65(76)71(69(49)59)70(60)64/h7-14,19-46H,1-6,15-18H2. The lowest BCUT2D eigenvalue weighted by molar-refractivity contribution is 0.443. The van der Waals surface area contributed by atoms with Gasteiger partial charge < -0.3 is 14.4 Å². The van der Waals surface area contributed by atoms with Gasteiger partial charge in [0.05, 0.1) is 16.7 Å². The predicted molar refractivity (Wildman–Crippen MR) is 323 cm³/mol. The van der Waals surface area contributed by atoms with Crippen molar-refractivity contribution in [3.8, 4) is 27.9 Å². The summed E-state index contributed by atoms with van der Waals surface area (Å²) < 4.78 is 2.62. The zero-order chi connectivity index (χ0) is 49.6. The fourth-order valence-corrected chi connectivity index (χ4v) is 15.3.